The first kappa shape index (κ1) is 48.4. The van der Waals surface area contributed by atoms with Crippen LogP contribution >= 0.6 is 0 Å². The van der Waals surface area contributed by atoms with E-state index in [2.05, 4.69) is 40.9 Å². The Bertz CT molecular complexity index is 1210. The first-order valence-corrected chi connectivity index (χ1v) is 22.2. The number of methoxy groups -OCH3 is 2. The SMILES string of the molecule is C=CCC=C.CC=O.CCC(C)CCCCC1C(OC2OCC(O)C(OC3OCC(O)C(O)[C@H]3OC)[C@H]2OC)CC2C3CCC4CC(O)CCC4(C)[C@H]3CCC12C. The third-order valence-corrected chi connectivity index (χ3v) is 15.3. The minimum atomic E-state index is -1.18. The van der Waals surface area contributed by atoms with Gasteiger partial charge in [0.1, 0.15) is 42.9 Å². The van der Waals surface area contributed by atoms with E-state index in [1.54, 1.807) is 7.11 Å². The Labute approximate surface area is 344 Å². The maximum Gasteiger partial charge on any atom is 0.187 e. The number of carbonyl (C=O) groups is 1. The molecule has 0 radical (unpaired) electrons. The molecule has 0 aromatic heterocycles. The lowest BCUT2D eigenvalue weighted by Crippen LogP contribution is -2.61. The second kappa shape index (κ2) is 22.6. The van der Waals surface area contributed by atoms with E-state index in [1.807, 2.05) is 12.2 Å². The Kier molecular flexibility index (Phi) is 19.2. The average molecular weight is 809 g/mol. The van der Waals surface area contributed by atoms with Crippen LogP contribution < -0.4 is 0 Å². The van der Waals surface area contributed by atoms with E-state index >= 15 is 0 Å². The summed E-state index contributed by atoms with van der Waals surface area (Å²) in [5.74, 6) is 3.72. The van der Waals surface area contributed by atoms with E-state index in [9.17, 15) is 20.4 Å². The number of aliphatic hydroxyl groups is 4. The molecule has 330 valence electrons. The van der Waals surface area contributed by atoms with Crippen LogP contribution in [0.5, 0.6) is 0 Å². The minimum absolute atomic E-state index is 0.00391. The zero-order valence-corrected chi connectivity index (χ0v) is 36.3. The van der Waals surface area contributed by atoms with Crippen LogP contribution in [0.1, 0.15) is 125 Å². The molecular formula is C46H80O11. The average Bonchev–Trinajstić information content (AvgIpc) is 3.47. The summed E-state index contributed by atoms with van der Waals surface area (Å²) >= 11 is 0. The van der Waals surface area contributed by atoms with Gasteiger partial charge in [-0.3, -0.25) is 0 Å². The molecule has 0 spiro atoms. The lowest BCUT2D eigenvalue weighted by molar-refractivity contribution is -0.344. The molecule has 6 rings (SSSR count). The fourth-order valence-electron chi connectivity index (χ4n) is 11.9. The van der Waals surface area contributed by atoms with Crippen LogP contribution in [0.2, 0.25) is 0 Å². The Morgan fingerprint density at radius 2 is 1.44 bits per heavy atom. The maximum atomic E-state index is 11.1. The van der Waals surface area contributed by atoms with Gasteiger partial charge in [-0.25, -0.2) is 0 Å². The van der Waals surface area contributed by atoms with Crippen LogP contribution in [-0.2, 0) is 33.2 Å². The second-order valence-electron chi connectivity index (χ2n) is 18.5. The first-order chi connectivity index (χ1) is 27.3. The van der Waals surface area contributed by atoms with Gasteiger partial charge >= 0.3 is 0 Å². The third-order valence-electron chi connectivity index (χ3n) is 15.3. The molecule has 0 aromatic carbocycles. The van der Waals surface area contributed by atoms with Crippen molar-refractivity contribution in [1.82, 2.24) is 0 Å². The summed E-state index contributed by atoms with van der Waals surface area (Å²) in [6.45, 7) is 18.1. The van der Waals surface area contributed by atoms with Crippen LogP contribution in [0.25, 0.3) is 0 Å². The highest BCUT2D eigenvalue weighted by molar-refractivity contribution is 5.44. The molecular weight excluding hydrogens is 728 g/mol. The van der Waals surface area contributed by atoms with Crippen molar-refractivity contribution in [2.75, 3.05) is 27.4 Å². The molecule has 18 atom stereocenters. The zero-order valence-electron chi connectivity index (χ0n) is 36.3. The van der Waals surface area contributed by atoms with Crippen LogP contribution in [0.4, 0.5) is 0 Å². The predicted octanol–water partition coefficient (Wildman–Crippen LogP) is 6.77. The van der Waals surface area contributed by atoms with Crippen LogP contribution in [0.3, 0.4) is 0 Å². The first-order valence-electron chi connectivity index (χ1n) is 22.2. The molecule has 2 saturated heterocycles. The number of hydrogen-bond donors (Lipinski definition) is 4. The highest BCUT2D eigenvalue weighted by Gasteiger charge is 2.63. The minimum Gasteiger partial charge on any atom is -0.393 e. The summed E-state index contributed by atoms with van der Waals surface area (Å²) in [7, 11) is 3.02. The van der Waals surface area contributed by atoms with E-state index in [-0.39, 0.29) is 30.8 Å². The van der Waals surface area contributed by atoms with E-state index in [0.29, 0.717) is 35.0 Å². The summed E-state index contributed by atoms with van der Waals surface area (Å²) in [5.41, 5.74) is 0.498. The van der Waals surface area contributed by atoms with E-state index in [4.69, 9.17) is 33.2 Å². The molecule has 0 aromatic rings. The van der Waals surface area contributed by atoms with Crippen LogP contribution in [0, 0.1) is 46.3 Å². The number of aliphatic hydroxyl groups excluding tert-OH is 4. The van der Waals surface area contributed by atoms with Crippen molar-refractivity contribution in [2.24, 2.45) is 46.3 Å². The molecule has 2 heterocycles. The van der Waals surface area contributed by atoms with Gasteiger partial charge in [-0.2, -0.15) is 0 Å². The van der Waals surface area contributed by atoms with Crippen LogP contribution in [0.15, 0.2) is 25.3 Å². The number of rotatable bonds is 14. The Hall–Kier alpha value is -1.25. The number of aldehydes is 1. The van der Waals surface area contributed by atoms with Gasteiger partial charge < -0.3 is 53.6 Å². The molecule has 4 aliphatic carbocycles. The monoisotopic (exact) mass is 809 g/mol. The zero-order chi connectivity index (χ0) is 41.9. The molecule has 57 heavy (non-hydrogen) atoms. The number of ether oxygens (including phenoxy) is 6. The van der Waals surface area contributed by atoms with Crippen molar-refractivity contribution in [3.05, 3.63) is 25.3 Å². The maximum absolute atomic E-state index is 11.1. The molecule has 0 amide bonds. The molecule has 11 nitrogen and oxygen atoms in total. The molecule has 6 fully saturated rings. The second-order valence-corrected chi connectivity index (χ2v) is 18.5. The summed E-state index contributed by atoms with van der Waals surface area (Å²) in [6, 6.07) is 0. The van der Waals surface area contributed by atoms with Gasteiger partial charge in [-0.05, 0) is 117 Å². The number of hydrogen-bond acceptors (Lipinski definition) is 11. The number of carbonyl (C=O) groups excluding carboxylic acids is 1. The topological polar surface area (TPSA) is 153 Å². The highest BCUT2D eigenvalue weighted by Crippen LogP contribution is 2.68. The van der Waals surface area contributed by atoms with Crippen molar-refractivity contribution in [2.45, 2.75) is 186 Å². The number of unbranched alkanes of at least 4 members (excludes halogenated alkanes) is 1. The molecule has 15 unspecified atom stereocenters. The fraction of sp³-hybridized carbons (Fsp3) is 0.891. The largest absolute Gasteiger partial charge is 0.393 e. The van der Waals surface area contributed by atoms with Gasteiger partial charge in [0, 0.05) is 14.2 Å². The number of allylic oxidation sites excluding steroid dienone is 2. The Morgan fingerprint density at radius 3 is 2.05 bits per heavy atom. The Morgan fingerprint density at radius 1 is 0.807 bits per heavy atom. The third kappa shape index (κ3) is 11.2. The Balaban J connectivity index is 0.000000824. The standard InChI is InChI=1S/C39H68O10.C5H8.C2H4O/c1-7-22(2)10-8-9-11-27-31(19-28-25-13-12-23-18-24(40)14-16-38(23,3)26(25)15-17-39(27,28)4)48-37-35(45-6)33(30(42)21-47-37)49-36-34(44-5)32(43)29(41)20-46-36;1-3-5-4-2;1-2-3/h22-37,40-43H,7-21H2,1-6H3;3-4H,1-2,5H2;2H,1H3/t22?,23?,24?,25?,26-,27?,28?,29?,30?,31?,32?,33?,34+,35+,36?,37?,38?,39?;;/m0../s1. The van der Waals surface area contributed by atoms with Crippen molar-refractivity contribution in [1.29, 1.82) is 0 Å². The van der Waals surface area contributed by atoms with E-state index in [1.165, 1.54) is 65.4 Å². The molecule has 2 aliphatic heterocycles. The van der Waals surface area contributed by atoms with Gasteiger partial charge in [0.15, 0.2) is 12.6 Å². The van der Waals surface area contributed by atoms with E-state index in [0.717, 1.165) is 50.7 Å². The lowest BCUT2D eigenvalue weighted by atomic mass is 9.44. The van der Waals surface area contributed by atoms with Gasteiger partial charge in [0.2, 0.25) is 0 Å². The summed E-state index contributed by atoms with van der Waals surface area (Å²) < 4.78 is 36.7. The van der Waals surface area contributed by atoms with Gasteiger partial charge in [-0.1, -0.05) is 65.5 Å². The van der Waals surface area contributed by atoms with Crippen molar-refractivity contribution >= 4 is 6.29 Å². The van der Waals surface area contributed by atoms with Gasteiger partial charge in [0.25, 0.3) is 0 Å². The molecule has 4 saturated carbocycles. The molecule has 4 N–H and O–H groups in total. The summed E-state index contributed by atoms with van der Waals surface area (Å²) in [5, 5.41) is 42.3. The smallest absolute Gasteiger partial charge is 0.187 e. The lowest BCUT2D eigenvalue weighted by Gasteiger charge is -2.61. The summed E-state index contributed by atoms with van der Waals surface area (Å²) in [4.78, 5) is 8.81. The van der Waals surface area contributed by atoms with Gasteiger partial charge in [0.05, 0.1) is 25.4 Å². The van der Waals surface area contributed by atoms with Crippen molar-refractivity contribution in [3.63, 3.8) is 0 Å². The van der Waals surface area contributed by atoms with Gasteiger partial charge in [-0.15, -0.1) is 13.2 Å². The van der Waals surface area contributed by atoms with E-state index < -0.39 is 49.2 Å². The highest BCUT2D eigenvalue weighted by atomic mass is 16.7. The van der Waals surface area contributed by atoms with Crippen molar-refractivity contribution < 1.29 is 53.6 Å². The predicted molar refractivity (Wildman–Crippen MR) is 220 cm³/mol. The number of fused-ring (bicyclic) bond motifs is 5. The molecule has 11 heteroatoms. The fourth-order valence-corrected chi connectivity index (χ4v) is 11.9. The van der Waals surface area contributed by atoms with Crippen molar-refractivity contribution in [3.8, 4) is 0 Å². The molecule has 0 bridgehead atoms. The summed E-state index contributed by atoms with van der Waals surface area (Å²) in [6.07, 6.45) is 12.7. The normalized spacial score (nSPS) is 44.4. The van der Waals surface area contributed by atoms with Crippen LogP contribution in [-0.4, -0.2) is 116 Å². The quantitative estimate of drug-likeness (QED) is 0.0836. The molecule has 6 aliphatic rings.